The Bertz CT molecular complexity index is 979. The SMILES string of the molecule is O=C(OCC(F)(F)S(=O)(=O)O)C1C2CC3C(OC(O)C31)C2OC(=O)C12CC3CC(CC(C3)C1)C2. The largest absolute Gasteiger partial charge is 0.459 e. The van der Waals surface area contributed by atoms with Crippen molar-refractivity contribution in [1.29, 1.82) is 0 Å². The van der Waals surface area contributed by atoms with Crippen molar-refractivity contribution >= 4 is 22.1 Å². The lowest BCUT2D eigenvalue weighted by atomic mass is 9.49. The Morgan fingerprint density at radius 3 is 2.18 bits per heavy atom. The molecule has 1 aliphatic heterocycles. The number of ether oxygens (including phenoxy) is 3. The molecule has 0 aromatic rings. The predicted octanol–water partition coefficient (Wildman–Crippen LogP) is 1.74. The molecule has 12 heteroatoms. The van der Waals surface area contributed by atoms with Gasteiger partial charge >= 0.3 is 27.3 Å². The van der Waals surface area contributed by atoms with Crippen LogP contribution in [0.2, 0.25) is 0 Å². The number of fused-ring (bicyclic) bond motifs is 1. The van der Waals surface area contributed by atoms with E-state index in [0.717, 1.165) is 38.5 Å². The molecular formula is C22H28F2O9S. The lowest BCUT2D eigenvalue weighted by molar-refractivity contribution is -0.190. The van der Waals surface area contributed by atoms with Gasteiger partial charge in [-0.15, -0.1) is 0 Å². The molecule has 6 bridgehead atoms. The number of aliphatic hydroxyl groups is 1. The van der Waals surface area contributed by atoms with Gasteiger partial charge in [0.2, 0.25) is 0 Å². The fourth-order valence-electron chi connectivity index (χ4n) is 8.59. The van der Waals surface area contributed by atoms with Gasteiger partial charge in [-0.3, -0.25) is 14.1 Å². The molecule has 2 N–H and O–H groups in total. The van der Waals surface area contributed by atoms with Gasteiger partial charge in [-0.25, -0.2) is 0 Å². The minimum atomic E-state index is -5.76. The van der Waals surface area contributed by atoms with Crippen molar-refractivity contribution in [3.63, 3.8) is 0 Å². The number of hydrogen-bond acceptors (Lipinski definition) is 8. The molecule has 9 nitrogen and oxygen atoms in total. The number of esters is 2. The zero-order chi connectivity index (χ0) is 24.2. The summed E-state index contributed by atoms with van der Waals surface area (Å²) >= 11 is 0. The van der Waals surface area contributed by atoms with Crippen molar-refractivity contribution in [2.45, 2.75) is 68.7 Å². The number of rotatable bonds is 6. The second kappa shape index (κ2) is 7.33. The molecule has 6 aliphatic carbocycles. The maximum atomic E-state index is 13.6. The average molecular weight is 507 g/mol. The molecule has 6 saturated carbocycles. The van der Waals surface area contributed by atoms with E-state index in [-0.39, 0.29) is 11.9 Å². The van der Waals surface area contributed by atoms with Crippen molar-refractivity contribution in [2.24, 2.45) is 46.8 Å². The third-order valence-corrected chi connectivity index (χ3v) is 10.3. The van der Waals surface area contributed by atoms with Crippen LogP contribution in [0.15, 0.2) is 0 Å². The van der Waals surface area contributed by atoms with Crippen LogP contribution in [0.4, 0.5) is 8.78 Å². The molecule has 7 aliphatic rings. The maximum Gasteiger partial charge on any atom is 0.402 e. The normalized spacial score (nSPS) is 48.4. The maximum absolute atomic E-state index is 13.6. The molecule has 0 aromatic carbocycles. The van der Waals surface area contributed by atoms with Gasteiger partial charge in [-0.2, -0.15) is 17.2 Å². The molecule has 7 atom stereocenters. The molecule has 7 unspecified atom stereocenters. The first-order chi connectivity index (χ1) is 15.9. The van der Waals surface area contributed by atoms with E-state index in [2.05, 4.69) is 4.74 Å². The molecule has 1 heterocycles. The minimum absolute atomic E-state index is 0.296. The highest BCUT2D eigenvalue weighted by molar-refractivity contribution is 7.86. The quantitative estimate of drug-likeness (QED) is 0.408. The molecular weight excluding hydrogens is 478 g/mol. The van der Waals surface area contributed by atoms with Gasteiger partial charge < -0.3 is 19.3 Å². The first-order valence-corrected chi connectivity index (χ1v) is 13.4. The lowest BCUT2D eigenvalue weighted by Gasteiger charge is -2.55. The second-order valence-corrected chi connectivity index (χ2v) is 13.0. The average Bonchev–Trinajstić information content (AvgIpc) is 3.34. The lowest BCUT2D eigenvalue weighted by Crippen LogP contribution is -2.53. The molecule has 7 rings (SSSR count). The second-order valence-electron chi connectivity index (χ2n) is 11.4. The summed E-state index contributed by atoms with van der Waals surface area (Å²) in [4.78, 5) is 26.2. The Morgan fingerprint density at radius 2 is 1.62 bits per heavy atom. The van der Waals surface area contributed by atoms with E-state index < -0.39 is 69.6 Å². The van der Waals surface area contributed by atoms with Gasteiger partial charge in [0.15, 0.2) is 12.9 Å². The Balaban J connectivity index is 1.19. The van der Waals surface area contributed by atoms with E-state index in [0.29, 0.717) is 24.2 Å². The first kappa shape index (κ1) is 23.1. The van der Waals surface area contributed by atoms with Crippen LogP contribution in [0.1, 0.15) is 44.9 Å². The van der Waals surface area contributed by atoms with Gasteiger partial charge in [-0.1, -0.05) is 0 Å². The number of carbonyl (C=O) groups is 2. The predicted molar refractivity (Wildman–Crippen MR) is 107 cm³/mol. The summed E-state index contributed by atoms with van der Waals surface area (Å²) in [7, 11) is -5.76. The number of alkyl halides is 2. The Hall–Kier alpha value is -1.37. The molecule has 1 saturated heterocycles. The summed E-state index contributed by atoms with van der Waals surface area (Å²) in [5, 5.41) is 5.75. The van der Waals surface area contributed by atoms with E-state index >= 15 is 0 Å². The highest BCUT2D eigenvalue weighted by atomic mass is 32.2. The van der Waals surface area contributed by atoms with Gasteiger partial charge in [-0.05, 0) is 68.6 Å². The summed E-state index contributed by atoms with van der Waals surface area (Å²) in [6, 6.07) is 0. The molecule has 0 spiro atoms. The van der Waals surface area contributed by atoms with E-state index in [1.54, 1.807) is 0 Å². The summed E-state index contributed by atoms with van der Waals surface area (Å²) in [6.07, 6.45) is 3.53. The van der Waals surface area contributed by atoms with E-state index in [4.69, 9.17) is 14.0 Å². The van der Waals surface area contributed by atoms with Gasteiger partial charge in [0, 0.05) is 11.8 Å². The summed E-state index contributed by atoms with van der Waals surface area (Å²) in [5.74, 6) is -2.51. The van der Waals surface area contributed by atoms with Crippen LogP contribution in [0.3, 0.4) is 0 Å². The standard InChI is InChI=1S/C22H28F2O9S/c23-22(24,34(28,29)30)8-31-18(25)14-12-4-13-15(14)19(26)32-16(13)17(12)33-20(27)21-5-9-1-10(6-21)3-11(2-9)7-21/h9-17,19,26H,1-8H2,(H,28,29,30). The Labute approximate surface area is 195 Å². The number of carbonyl (C=O) groups excluding carboxylic acids is 2. The number of halogens is 2. The molecule has 190 valence electrons. The van der Waals surface area contributed by atoms with Gasteiger partial charge in [0.05, 0.1) is 11.3 Å². The van der Waals surface area contributed by atoms with Crippen molar-refractivity contribution in [3.8, 4) is 0 Å². The third kappa shape index (κ3) is 3.27. The van der Waals surface area contributed by atoms with E-state index in [1.165, 1.54) is 0 Å². The van der Waals surface area contributed by atoms with Crippen molar-refractivity contribution in [1.82, 2.24) is 0 Å². The molecule has 34 heavy (non-hydrogen) atoms. The molecule has 0 amide bonds. The summed E-state index contributed by atoms with van der Waals surface area (Å²) in [5.41, 5.74) is -0.527. The monoisotopic (exact) mass is 506 g/mol. The minimum Gasteiger partial charge on any atom is -0.459 e. The Kier molecular flexibility index (Phi) is 4.97. The first-order valence-electron chi connectivity index (χ1n) is 11.9. The van der Waals surface area contributed by atoms with Gasteiger partial charge in [0.25, 0.3) is 0 Å². The van der Waals surface area contributed by atoms with Crippen LogP contribution >= 0.6 is 0 Å². The highest BCUT2D eigenvalue weighted by Gasteiger charge is 2.70. The number of hydrogen-bond donors (Lipinski definition) is 2. The van der Waals surface area contributed by atoms with Crippen LogP contribution < -0.4 is 0 Å². The fourth-order valence-corrected chi connectivity index (χ4v) is 8.80. The van der Waals surface area contributed by atoms with Gasteiger partial charge in [0.1, 0.15) is 12.2 Å². The topological polar surface area (TPSA) is 136 Å². The third-order valence-electron chi connectivity index (χ3n) is 9.45. The molecule has 7 fully saturated rings. The zero-order valence-electron chi connectivity index (χ0n) is 18.3. The van der Waals surface area contributed by atoms with Crippen molar-refractivity contribution in [3.05, 3.63) is 0 Å². The molecule has 0 radical (unpaired) electrons. The van der Waals surface area contributed by atoms with Crippen LogP contribution in [0.5, 0.6) is 0 Å². The summed E-state index contributed by atoms with van der Waals surface area (Å²) in [6.45, 7) is -1.84. The van der Waals surface area contributed by atoms with Crippen molar-refractivity contribution < 1.29 is 50.7 Å². The van der Waals surface area contributed by atoms with Crippen LogP contribution in [0.25, 0.3) is 0 Å². The molecule has 0 aromatic heterocycles. The van der Waals surface area contributed by atoms with Crippen LogP contribution in [0, 0.1) is 46.8 Å². The number of aliphatic hydroxyl groups excluding tert-OH is 1. The highest BCUT2D eigenvalue weighted by Crippen LogP contribution is 2.63. The van der Waals surface area contributed by atoms with Crippen LogP contribution in [-0.4, -0.2) is 60.4 Å². The van der Waals surface area contributed by atoms with E-state index in [1.807, 2.05) is 0 Å². The Morgan fingerprint density at radius 1 is 1.03 bits per heavy atom. The van der Waals surface area contributed by atoms with Crippen LogP contribution in [-0.2, 0) is 33.9 Å². The zero-order valence-corrected chi connectivity index (χ0v) is 19.2. The smallest absolute Gasteiger partial charge is 0.402 e. The van der Waals surface area contributed by atoms with E-state index in [9.17, 15) is 31.9 Å². The van der Waals surface area contributed by atoms with Crippen molar-refractivity contribution in [2.75, 3.05) is 6.61 Å². The summed E-state index contributed by atoms with van der Waals surface area (Å²) < 4.78 is 73.7. The fraction of sp³-hybridized carbons (Fsp3) is 0.909.